The first-order valence-corrected chi connectivity index (χ1v) is 7.53. The molecule has 0 aliphatic heterocycles. The zero-order valence-electron chi connectivity index (χ0n) is 10.6. The molecule has 0 aliphatic carbocycles. The van der Waals surface area contributed by atoms with Crippen LogP contribution in [0.3, 0.4) is 0 Å². The van der Waals surface area contributed by atoms with Crippen molar-refractivity contribution in [3.8, 4) is 0 Å². The summed E-state index contributed by atoms with van der Waals surface area (Å²) in [4.78, 5) is 0.616. The molecule has 1 N–H and O–H groups in total. The summed E-state index contributed by atoms with van der Waals surface area (Å²) in [6.45, 7) is 1.71. The second-order valence-electron chi connectivity index (χ2n) is 4.20. The van der Waals surface area contributed by atoms with E-state index in [-0.39, 0.29) is 4.90 Å². The predicted molar refractivity (Wildman–Crippen MR) is 78.9 cm³/mol. The molecule has 0 bridgehead atoms. The number of rotatable bonds is 3. The van der Waals surface area contributed by atoms with Gasteiger partial charge in [-0.25, -0.2) is 0 Å². The van der Waals surface area contributed by atoms with Crippen LogP contribution in [0.25, 0.3) is 0 Å². The van der Waals surface area contributed by atoms with E-state index in [0.29, 0.717) is 16.9 Å². The molecule has 0 amide bonds. The highest BCUT2D eigenvalue weighted by molar-refractivity contribution is 7.85. The van der Waals surface area contributed by atoms with E-state index in [2.05, 4.69) is 22.9 Å². The van der Waals surface area contributed by atoms with E-state index >= 15 is 0 Å². The van der Waals surface area contributed by atoms with Gasteiger partial charge in [0.2, 0.25) is 0 Å². The van der Waals surface area contributed by atoms with E-state index < -0.39 is 10.1 Å². The molecule has 2 aromatic carbocycles. The Labute approximate surface area is 122 Å². The number of aryl methyl sites for hydroxylation is 1. The first kappa shape index (κ1) is 14.7. The van der Waals surface area contributed by atoms with Crippen LogP contribution in [0.5, 0.6) is 0 Å². The van der Waals surface area contributed by atoms with Crippen LogP contribution in [-0.4, -0.2) is 13.0 Å². The van der Waals surface area contributed by atoms with Gasteiger partial charge in [-0.15, -0.1) is 12.6 Å². The van der Waals surface area contributed by atoms with Crippen LogP contribution in [0, 0.1) is 6.92 Å². The molecule has 104 valence electrons. The van der Waals surface area contributed by atoms with Gasteiger partial charge in [0.15, 0.2) is 0 Å². The number of thiol groups is 1. The van der Waals surface area contributed by atoms with Crippen molar-refractivity contribution in [3.63, 3.8) is 0 Å². The van der Waals surface area contributed by atoms with E-state index in [0.717, 1.165) is 4.90 Å². The highest BCUT2D eigenvalue weighted by atomic mass is 32.2. The molecule has 0 fully saturated rings. The van der Waals surface area contributed by atoms with Crippen molar-refractivity contribution in [2.24, 2.45) is 10.2 Å². The fourth-order valence-electron chi connectivity index (χ4n) is 1.57. The fourth-order valence-corrected chi connectivity index (χ4v) is 2.32. The molecule has 0 radical (unpaired) electrons. The van der Waals surface area contributed by atoms with E-state index in [1.54, 1.807) is 37.3 Å². The standard InChI is InChI=1S/C13H12N2O3S2/c1-9-6-11(8-13(7-9)20(16,17)18)15-14-10-2-4-12(19)5-3-10/h2-8,19H,1H3,(H,16,17,18). The van der Waals surface area contributed by atoms with Gasteiger partial charge >= 0.3 is 0 Å². The molecule has 20 heavy (non-hydrogen) atoms. The number of azo groups is 1. The molecule has 2 aromatic rings. The molecule has 0 aromatic heterocycles. The zero-order valence-corrected chi connectivity index (χ0v) is 12.3. The van der Waals surface area contributed by atoms with E-state index in [4.69, 9.17) is 4.55 Å². The van der Waals surface area contributed by atoms with Crippen LogP contribution < -0.4 is 0 Å². The van der Waals surface area contributed by atoms with Crippen molar-refractivity contribution in [3.05, 3.63) is 48.0 Å². The second kappa shape index (κ2) is 5.74. The summed E-state index contributed by atoms with van der Waals surface area (Å²) in [5, 5.41) is 7.96. The lowest BCUT2D eigenvalue weighted by molar-refractivity contribution is 0.483. The number of hydrogen-bond acceptors (Lipinski definition) is 5. The summed E-state index contributed by atoms with van der Waals surface area (Å²) in [7, 11) is -4.25. The molecular formula is C13H12N2O3S2. The molecule has 0 spiro atoms. The normalized spacial score (nSPS) is 11.9. The van der Waals surface area contributed by atoms with Crippen LogP contribution in [0.1, 0.15) is 5.56 Å². The number of benzene rings is 2. The summed E-state index contributed by atoms with van der Waals surface area (Å²) in [6, 6.07) is 11.3. The van der Waals surface area contributed by atoms with Crippen LogP contribution in [0.15, 0.2) is 62.5 Å². The first-order valence-electron chi connectivity index (χ1n) is 5.64. The lowest BCUT2D eigenvalue weighted by Gasteiger charge is -2.01. The lowest BCUT2D eigenvalue weighted by atomic mass is 10.2. The monoisotopic (exact) mass is 308 g/mol. The lowest BCUT2D eigenvalue weighted by Crippen LogP contribution is -1.97. The minimum Gasteiger partial charge on any atom is -0.282 e. The van der Waals surface area contributed by atoms with Crippen LogP contribution in [-0.2, 0) is 10.1 Å². The quantitative estimate of drug-likeness (QED) is 0.512. The second-order valence-corrected chi connectivity index (χ2v) is 6.13. The van der Waals surface area contributed by atoms with Gasteiger partial charge < -0.3 is 0 Å². The third kappa shape index (κ3) is 3.89. The minimum atomic E-state index is -4.25. The van der Waals surface area contributed by atoms with Gasteiger partial charge in [0.25, 0.3) is 10.1 Å². The van der Waals surface area contributed by atoms with Gasteiger partial charge in [-0.05, 0) is 55.0 Å². The van der Waals surface area contributed by atoms with Gasteiger partial charge in [0, 0.05) is 4.90 Å². The summed E-state index contributed by atoms with van der Waals surface area (Å²) in [5.41, 5.74) is 1.64. The summed E-state index contributed by atoms with van der Waals surface area (Å²) >= 11 is 4.16. The van der Waals surface area contributed by atoms with E-state index in [9.17, 15) is 8.42 Å². The summed E-state index contributed by atoms with van der Waals surface area (Å²) in [6.07, 6.45) is 0. The van der Waals surface area contributed by atoms with Crippen molar-refractivity contribution in [2.75, 3.05) is 0 Å². The summed E-state index contributed by atoms with van der Waals surface area (Å²) in [5.74, 6) is 0. The smallest absolute Gasteiger partial charge is 0.282 e. The Morgan fingerprint density at radius 1 is 1.00 bits per heavy atom. The van der Waals surface area contributed by atoms with Gasteiger partial charge in [-0.3, -0.25) is 4.55 Å². The van der Waals surface area contributed by atoms with Crippen molar-refractivity contribution < 1.29 is 13.0 Å². The molecule has 0 saturated carbocycles. The molecule has 0 unspecified atom stereocenters. The molecule has 0 saturated heterocycles. The zero-order chi connectivity index (χ0) is 14.8. The topological polar surface area (TPSA) is 79.1 Å². The van der Waals surface area contributed by atoms with E-state index in [1.807, 2.05) is 0 Å². The van der Waals surface area contributed by atoms with Crippen molar-refractivity contribution in [1.29, 1.82) is 0 Å². The largest absolute Gasteiger partial charge is 0.294 e. The Morgan fingerprint density at radius 2 is 1.60 bits per heavy atom. The number of nitrogens with zero attached hydrogens (tertiary/aromatic N) is 2. The van der Waals surface area contributed by atoms with Gasteiger partial charge in [0.1, 0.15) is 0 Å². The fraction of sp³-hybridized carbons (Fsp3) is 0.0769. The third-order valence-electron chi connectivity index (χ3n) is 2.46. The van der Waals surface area contributed by atoms with Gasteiger partial charge in [-0.1, -0.05) is 0 Å². The average molecular weight is 308 g/mol. The van der Waals surface area contributed by atoms with Crippen LogP contribution >= 0.6 is 12.6 Å². The molecular weight excluding hydrogens is 296 g/mol. The molecule has 5 nitrogen and oxygen atoms in total. The SMILES string of the molecule is Cc1cc(N=Nc2ccc(S)cc2)cc(S(=O)(=O)O)c1. The summed E-state index contributed by atoms with van der Waals surface area (Å²) < 4.78 is 31.3. The Hall–Kier alpha value is -1.70. The number of hydrogen-bond donors (Lipinski definition) is 2. The van der Waals surface area contributed by atoms with Crippen LogP contribution in [0.4, 0.5) is 11.4 Å². The maximum absolute atomic E-state index is 11.1. The average Bonchev–Trinajstić information content (AvgIpc) is 2.36. The highest BCUT2D eigenvalue weighted by Crippen LogP contribution is 2.23. The Morgan fingerprint density at radius 3 is 2.20 bits per heavy atom. The molecule has 0 heterocycles. The van der Waals surface area contributed by atoms with Crippen molar-refractivity contribution in [1.82, 2.24) is 0 Å². The Bertz CT molecular complexity index is 754. The maximum Gasteiger partial charge on any atom is 0.294 e. The molecule has 0 atom stereocenters. The molecule has 7 heteroatoms. The highest BCUT2D eigenvalue weighted by Gasteiger charge is 2.10. The van der Waals surface area contributed by atoms with Gasteiger partial charge in [-0.2, -0.15) is 18.6 Å². The third-order valence-corrected chi connectivity index (χ3v) is 3.59. The molecule has 2 rings (SSSR count). The van der Waals surface area contributed by atoms with Crippen LogP contribution in [0.2, 0.25) is 0 Å². The molecule has 0 aliphatic rings. The van der Waals surface area contributed by atoms with Gasteiger partial charge in [0.05, 0.1) is 16.3 Å². The predicted octanol–water partition coefficient (Wildman–Crippen LogP) is 3.95. The van der Waals surface area contributed by atoms with E-state index in [1.165, 1.54) is 12.1 Å². The Kier molecular flexibility index (Phi) is 4.22. The van der Waals surface area contributed by atoms with Crippen molar-refractivity contribution in [2.45, 2.75) is 16.7 Å². The van der Waals surface area contributed by atoms with Crippen molar-refractivity contribution >= 4 is 34.1 Å². The minimum absolute atomic E-state index is 0.197. The first-order chi connectivity index (χ1) is 9.34. The Balaban J connectivity index is 2.34. The maximum atomic E-state index is 11.1.